The van der Waals surface area contributed by atoms with E-state index in [0.717, 1.165) is 18.9 Å². The van der Waals surface area contributed by atoms with E-state index in [0.29, 0.717) is 13.0 Å². The smallest absolute Gasteiger partial charge is 0.387 e. The van der Waals surface area contributed by atoms with Crippen molar-refractivity contribution in [1.82, 2.24) is 14.9 Å². The van der Waals surface area contributed by atoms with Crippen molar-refractivity contribution in [2.75, 3.05) is 36.4 Å². The molecule has 0 spiro atoms. The van der Waals surface area contributed by atoms with Gasteiger partial charge in [0.05, 0.1) is 12.6 Å². The van der Waals surface area contributed by atoms with Crippen molar-refractivity contribution in [3.63, 3.8) is 0 Å². The highest BCUT2D eigenvalue weighted by molar-refractivity contribution is 5.75. The van der Waals surface area contributed by atoms with Crippen LogP contribution in [0, 0.1) is 17.6 Å². The van der Waals surface area contributed by atoms with Gasteiger partial charge >= 0.3 is 6.61 Å². The van der Waals surface area contributed by atoms with Crippen LogP contribution in [0.5, 0.6) is 5.75 Å². The first kappa shape index (κ1) is 25.9. The van der Waals surface area contributed by atoms with Crippen LogP contribution >= 0.6 is 0 Å². The number of nitrogens with zero attached hydrogens (tertiary/aromatic N) is 4. The second-order valence-corrected chi connectivity index (χ2v) is 9.05. The number of amides is 1. The largest absolute Gasteiger partial charge is 0.435 e. The molecule has 2 unspecified atom stereocenters. The third-order valence-electron chi connectivity index (χ3n) is 6.34. The number of anilines is 2. The summed E-state index contributed by atoms with van der Waals surface area (Å²) in [7, 11) is 0. The minimum absolute atomic E-state index is 0.000803. The van der Waals surface area contributed by atoms with Crippen LogP contribution in [0.1, 0.15) is 24.8 Å². The predicted molar refractivity (Wildman–Crippen MR) is 122 cm³/mol. The molecule has 2 aromatic rings. The lowest BCUT2D eigenvalue weighted by molar-refractivity contribution is -0.120. The minimum atomic E-state index is -3.07. The Morgan fingerprint density at radius 1 is 1.28 bits per heavy atom. The first-order chi connectivity index (χ1) is 17.2. The van der Waals surface area contributed by atoms with Crippen LogP contribution < -0.4 is 20.7 Å². The first-order valence-corrected chi connectivity index (χ1v) is 11.6. The first-order valence-electron chi connectivity index (χ1n) is 11.6. The number of piperidine rings is 1. The number of aliphatic hydroxyl groups is 1. The Balaban J connectivity index is 1.43. The second kappa shape index (κ2) is 11.2. The quantitative estimate of drug-likeness (QED) is 0.392. The molecule has 1 aromatic heterocycles. The zero-order valence-corrected chi connectivity index (χ0v) is 19.4. The Kier molecular flexibility index (Phi) is 8.09. The van der Waals surface area contributed by atoms with Gasteiger partial charge in [-0.1, -0.05) is 6.07 Å². The van der Waals surface area contributed by atoms with Crippen molar-refractivity contribution in [3.8, 4) is 5.75 Å². The summed E-state index contributed by atoms with van der Waals surface area (Å²) in [4.78, 5) is 22.6. The van der Waals surface area contributed by atoms with Crippen molar-refractivity contribution in [2.24, 2.45) is 11.7 Å². The molecule has 1 amide bonds. The summed E-state index contributed by atoms with van der Waals surface area (Å²) in [5, 5.41) is 13.4. The van der Waals surface area contributed by atoms with E-state index in [1.165, 1.54) is 18.5 Å². The number of aliphatic hydroxyl groups excluding tert-OH is 1. The van der Waals surface area contributed by atoms with Crippen LogP contribution in [0.25, 0.3) is 0 Å². The number of nitrogens with two attached hydrogens (primary N) is 1. The number of aromatic nitrogens is 2. The molecule has 1 aliphatic carbocycles. The fraction of sp³-hybridized carbons (Fsp3) is 0.522. The van der Waals surface area contributed by atoms with Gasteiger partial charge < -0.3 is 25.8 Å². The molecule has 36 heavy (non-hydrogen) atoms. The molecule has 0 radical (unpaired) electrons. The normalized spacial score (nSPS) is 20.4. The average Bonchev–Trinajstić information content (AvgIpc) is 3.64. The molecule has 2 atom stereocenters. The fourth-order valence-electron chi connectivity index (χ4n) is 4.34. The number of likely N-dealkylation sites (tertiary alicyclic amines) is 1. The van der Waals surface area contributed by atoms with E-state index in [4.69, 9.17) is 5.73 Å². The van der Waals surface area contributed by atoms with Gasteiger partial charge in [-0.05, 0) is 31.9 Å². The van der Waals surface area contributed by atoms with Gasteiger partial charge in [0.1, 0.15) is 17.9 Å². The van der Waals surface area contributed by atoms with Crippen LogP contribution in [-0.4, -0.2) is 70.8 Å². The number of benzene rings is 1. The van der Waals surface area contributed by atoms with Gasteiger partial charge in [-0.25, -0.2) is 14.4 Å². The molecule has 0 bridgehead atoms. The molecule has 2 aliphatic rings. The lowest BCUT2D eigenvalue weighted by Crippen LogP contribution is -2.48. The number of ether oxygens (including phenoxy) is 1. The van der Waals surface area contributed by atoms with Crippen molar-refractivity contribution in [1.29, 1.82) is 0 Å². The van der Waals surface area contributed by atoms with Crippen LogP contribution in [0.4, 0.5) is 29.2 Å². The van der Waals surface area contributed by atoms with Gasteiger partial charge in [-0.3, -0.25) is 9.69 Å². The third-order valence-corrected chi connectivity index (χ3v) is 6.34. The number of rotatable bonds is 11. The maximum Gasteiger partial charge on any atom is 0.387 e. The molecule has 9 nitrogen and oxygen atoms in total. The zero-order valence-electron chi connectivity index (χ0n) is 19.4. The number of carbonyl (C=O) groups is 1. The van der Waals surface area contributed by atoms with Gasteiger partial charge in [-0.15, -0.1) is 0 Å². The topological polar surface area (TPSA) is 117 Å². The molecule has 2 fully saturated rings. The maximum atomic E-state index is 15.4. The number of β-amino-alcohol motifs (C(OH)–C–C–N with tert-alkyl or cyclic N) is 1. The molecule has 196 valence electrons. The van der Waals surface area contributed by atoms with Crippen LogP contribution in [-0.2, 0) is 11.3 Å². The number of hydrogen-bond acceptors (Lipinski definition) is 8. The molecule has 4 rings (SSSR count). The van der Waals surface area contributed by atoms with E-state index in [2.05, 4.69) is 20.0 Å². The summed E-state index contributed by atoms with van der Waals surface area (Å²) in [6.07, 6.45) is 2.61. The van der Waals surface area contributed by atoms with Crippen molar-refractivity contribution in [2.45, 2.75) is 44.6 Å². The van der Waals surface area contributed by atoms with Crippen molar-refractivity contribution < 1.29 is 32.2 Å². The average molecular weight is 513 g/mol. The highest BCUT2D eigenvalue weighted by atomic mass is 19.3. The van der Waals surface area contributed by atoms with Gasteiger partial charge in [0.15, 0.2) is 11.6 Å². The summed E-state index contributed by atoms with van der Waals surface area (Å²) >= 11 is 0. The van der Waals surface area contributed by atoms with E-state index < -0.39 is 30.3 Å². The zero-order chi connectivity index (χ0) is 25.8. The molecule has 2 heterocycles. The fourth-order valence-corrected chi connectivity index (χ4v) is 4.34. The summed E-state index contributed by atoms with van der Waals surface area (Å²) in [5.74, 6) is -2.45. The van der Waals surface area contributed by atoms with Gasteiger partial charge in [0.2, 0.25) is 11.7 Å². The maximum absolute atomic E-state index is 15.4. The van der Waals surface area contributed by atoms with Gasteiger partial charge in [-0.2, -0.15) is 13.2 Å². The Morgan fingerprint density at radius 2 is 2.06 bits per heavy atom. The number of halogens is 4. The highest BCUT2D eigenvalue weighted by Crippen LogP contribution is 2.35. The molecule has 4 N–H and O–H groups in total. The molecule has 1 saturated carbocycles. The van der Waals surface area contributed by atoms with Crippen LogP contribution in [0.3, 0.4) is 0 Å². The Morgan fingerprint density at radius 3 is 2.69 bits per heavy atom. The SMILES string of the molecule is NC(=O)CN1CCC(CNc2ncnc(N(Cc3ccc(OC(F)F)cc3F)C3CC3)c2F)C(O)C1. The van der Waals surface area contributed by atoms with E-state index in [1.54, 1.807) is 9.80 Å². The van der Waals surface area contributed by atoms with E-state index in [9.17, 15) is 23.1 Å². The predicted octanol–water partition coefficient (Wildman–Crippen LogP) is 2.11. The number of primary amides is 1. The van der Waals surface area contributed by atoms with Gasteiger partial charge in [0, 0.05) is 43.2 Å². The molecule has 13 heteroatoms. The Labute approximate surface area is 205 Å². The van der Waals surface area contributed by atoms with Crippen molar-refractivity contribution in [3.05, 3.63) is 41.7 Å². The van der Waals surface area contributed by atoms with Crippen molar-refractivity contribution >= 4 is 17.5 Å². The number of alkyl halides is 2. The monoisotopic (exact) mass is 512 g/mol. The molecular weight excluding hydrogens is 484 g/mol. The number of hydrogen-bond donors (Lipinski definition) is 3. The second-order valence-electron chi connectivity index (χ2n) is 9.05. The summed E-state index contributed by atoms with van der Waals surface area (Å²) in [6, 6.07) is 3.39. The molecule has 1 aliphatic heterocycles. The summed E-state index contributed by atoms with van der Waals surface area (Å²) < 4.78 is 59.0. The standard InChI is InChI=1S/C23H28F4N6O3/c24-17-7-16(36-23(26)27)4-1-14(17)9-33(15-2-3-15)22-20(25)21(30-12-31-22)29-8-13-5-6-32(10-18(13)34)11-19(28)35/h1,4,7,12-13,15,18,23,34H,2-3,5-6,8-11H2,(H2,28,35)(H,29,30,31). The van der Waals surface area contributed by atoms with Gasteiger partial charge in [0.25, 0.3) is 0 Å². The third kappa shape index (κ3) is 6.52. The lowest BCUT2D eigenvalue weighted by Gasteiger charge is -2.35. The summed E-state index contributed by atoms with van der Waals surface area (Å²) in [6.45, 7) is -1.90. The molecule has 1 saturated heterocycles. The van der Waals surface area contributed by atoms with E-state index in [-0.39, 0.29) is 61.1 Å². The minimum Gasteiger partial charge on any atom is -0.435 e. The Hall–Kier alpha value is -3.19. The van der Waals surface area contributed by atoms with Crippen LogP contribution in [0.15, 0.2) is 24.5 Å². The Bertz CT molecular complexity index is 1070. The van der Waals surface area contributed by atoms with Crippen LogP contribution in [0.2, 0.25) is 0 Å². The molecule has 1 aromatic carbocycles. The molecular formula is C23H28F4N6O3. The number of carbonyl (C=O) groups excluding carboxylic acids is 1. The van der Waals surface area contributed by atoms with E-state index in [1.807, 2.05) is 0 Å². The van der Waals surface area contributed by atoms with E-state index >= 15 is 4.39 Å². The highest BCUT2D eigenvalue weighted by Gasteiger charge is 2.34. The summed E-state index contributed by atoms with van der Waals surface area (Å²) in [5.41, 5.74) is 5.39. The lowest BCUT2D eigenvalue weighted by atomic mass is 9.93. The number of nitrogens with one attached hydrogen (secondary N) is 1.